The lowest BCUT2D eigenvalue weighted by Gasteiger charge is -2.21. The zero-order valence-corrected chi connectivity index (χ0v) is 13.7. The first-order chi connectivity index (χ1) is 10.3. The Morgan fingerprint density at radius 1 is 1.45 bits per heavy atom. The standard InChI is InChI=1S/C15H21ClN2O4/c1-4-22-15(19)8-13(10(2)3)17-9-11-5-6-12(16)14(7-11)18(20)21/h5-7,10,13,17H,4,8-9H2,1-3H3/t13-/m0/s1. The molecule has 22 heavy (non-hydrogen) atoms. The number of nitrogens with zero attached hydrogens (tertiary/aromatic N) is 1. The second-order valence-corrected chi connectivity index (χ2v) is 5.69. The molecular weight excluding hydrogens is 308 g/mol. The van der Waals surface area contributed by atoms with Crippen LogP contribution < -0.4 is 5.32 Å². The summed E-state index contributed by atoms with van der Waals surface area (Å²) in [6.45, 7) is 6.54. The molecule has 0 amide bonds. The topological polar surface area (TPSA) is 81.5 Å². The van der Waals surface area contributed by atoms with Crippen molar-refractivity contribution in [2.24, 2.45) is 5.92 Å². The number of halogens is 1. The van der Waals surface area contributed by atoms with Crippen molar-refractivity contribution >= 4 is 23.3 Å². The van der Waals surface area contributed by atoms with E-state index < -0.39 is 4.92 Å². The number of hydrogen-bond acceptors (Lipinski definition) is 5. The molecule has 1 aromatic rings. The molecule has 6 nitrogen and oxygen atoms in total. The van der Waals surface area contributed by atoms with E-state index in [0.29, 0.717) is 13.2 Å². The highest BCUT2D eigenvalue weighted by Gasteiger charge is 2.19. The van der Waals surface area contributed by atoms with Crippen LogP contribution in [0.5, 0.6) is 0 Å². The van der Waals surface area contributed by atoms with E-state index in [9.17, 15) is 14.9 Å². The molecule has 0 unspecified atom stereocenters. The van der Waals surface area contributed by atoms with Crippen LogP contribution in [0, 0.1) is 16.0 Å². The number of hydrogen-bond donors (Lipinski definition) is 1. The summed E-state index contributed by atoms with van der Waals surface area (Å²) < 4.78 is 4.96. The van der Waals surface area contributed by atoms with Crippen LogP contribution in [0.25, 0.3) is 0 Å². The van der Waals surface area contributed by atoms with E-state index in [1.165, 1.54) is 12.1 Å². The first-order valence-corrected chi connectivity index (χ1v) is 7.54. The minimum Gasteiger partial charge on any atom is -0.466 e. The highest BCUT2D eigenvalue weighted by Crippen LogP contribution is 2.25. The van der Waals surface area contributed by atoms with Crippen molar-refractivity contribution in [3.63, 3.8) is 0 Å². The Morgan fingerprint density at radius 2 is 2.14 bits per heavy atom. The van der Waals surface area contributed by atoms with Gasteiger partial charge >= 0.3 is 5.97 Å². The molecule has 0 fully saturated rings. The van der Waals surface area contributed by atoms with Gasteiger partial charge in [-0.05, 0) is 24.5 Å². The Bertz CT molecular complexity index is 534. The van der Waals surface area contributed by atoms with E-state index in [2.05, 4.69) is 5.32 Å². The van der Waals surface area contributed by atoms with Crippen LogP contribution in [0.3, 0.4) is 0 Å². The normalized spacial score (nSPS) is 12.2. The smallest absolute Gasteiger partial charge is 0.307 e. The number of esters is 1. The fraction of sp³-hybridized carbons (Fsp3) is 0.533. The quantitative estimate of drug-likeness (QED) is 0.450. The number of nitrogens with one attached hydrogen (secondary N) is 1. The van der Waals surface area contributed by atoms with E-state index in [-0.39, 0.29) is 35.1 Å². The van der Waals surface area contributed by atoms with Crippen LogP contribution >= 0.6 is 11.6 Å². The van der Waals surface area contributed by atoms with Crippen LogP contribution in [0.4, 0.5) is 5.69 Å². The van der Waals surface area contributed by atoms with Crippen molar-refractivity contribution in [1.82, 2.24) is 5.32 Å². The molecule has 0 aliphatic rings. The van der Waals surface area contributed by atoms with Crippen molar-refractivity contribution in [1.29, 1.82) is 0 Å². The summed E-state index contributed by atoms with van der Waals surface area (Å²) >= 11 is 5.78. The third kappa shape index (κ3) is 5.61. The molecule has 0 aromatic heterocycles. The zero-order valence-electron chi connectivity index (χ0n) is 13.0. The number of ether oxygens (including phenoxy) is 1. The Hall–Kier alpha value is -1.66. The van der Waals surface area contributed by atoms with Gasteiger partial charge < -0.3 is 10.1 Å². The van der Waals surface area contributed by atoms with Gasteiger partial charge in [0, 0.05) is 18.7 Å². The Kier molecular flexibility index (Phi) is 7.27. The molecule has 1 atom stereocenters. The number of nitro benzene ring substituents is 1. The Morgan fingerprint density at radius 3 is 2.68 bits per heavy atom. The number of carbonyl (C=O) groups excluding carboxylic acids is 1. The molecule has 0 heterocycles. The summed E-state index contributed by atoms with van der Waals surface area (Å²) in [5.74, 6) is -0.0255. The molecule has 0 saturated heterocycles. The summed E-state index contributed by atoms with van der Waals surface area (Å²) in [4.78, 5) is 22.0. The van der Waals surface area contributed by atoms with Gasteiger partial charge in [0.1, 0.15) is 5.02 Å². The van der Waals surface area contributed by atoms with Gasteiger partial charge in [0.15, 0.2) is 0 Å². The number of rotatable bonds is 8. The van der Waals surface area contributed by atoms with Gasteiger partial charge in [-0.1, -0.05) is 31.5 Å². The van der Waals surface area contributed by atoms with E-state index >= 15 is 0 Å². The van der Waals surface area contributed by atoms with Gasteiger partial charge in [0.2, 0.25) is 0 Å². The molecule has 0 spiro atoms. The van der Waals surface area contributed by atoms with Crippen molar-refractivity contribution in [2.75, 3.05) is 6.61 Å². The fourth-order valence-corrected chi connectivity index (χ4v) is 2.19. The molecular formula is C15H21ClN2O4. The number of nitro groups is 1. The maximum absolute atomic E-state index is 11.6. The van der Waals surface area contributed by atoms with Gasteiger partial charge in [-0.15, -0.1) is 0 Å². The van der Waals surface area contributed by atoms with Crippen LogP contribution in [0.2, 0.25) is 5.02 Å². The average molecular weight is 329 g/mol. The second kappa shape index (κ2) is 8.70. The summed E-state index contributed by atoms with van der Waals surface area (Å²) in [6.07, 6.45) is 0.265. The van der Waals surface area contributed by atoms with Crippen molar-refractivity contribution in [2.45, 2.75) is 39.8 Å². The summed E-state index contributed by atoms with van der Waals surface area (Å²) in [5, 5.41) is 14.2. The molecule has 122 valence electrons. The summed E-state index contributed by atoms with van der Waals surface area (Å²) in [7, 11) is 0. The van der Waals surface area contributed by atoms with E-state index in [1.807, 2.05) is 13.8 Å². The molecule has 0 aliphatic carbocycles. The maximum Gasteiger partial charge on any atom is 0.307 e. The lowest BCUT2D eigenvalue weighted by Crippen LogP contribution is -2.36. The first kappa shape index (κ1) is 18.4. The largest absolute Gasteiger partial charge is 0.466 e. The van der Waals surface area contributed by atoms with Crippen molar-refractivity contribution in [3.8, 4) is 0 Å². The van der Waals surface area contributed by atoms with E-state index in [4.69, 9.17) is 16.3 Å². The molecule has 0 radical (unpaired) electrons. The number of carbonyl (C=O) groups is 1. The third-order valence-electron chi connectivity index (χ3n) is 3.27. The van der Waals surface area contributed by atoms with Crippen LogP contribution in [-0.2, 0) is 16.1 Å². The SMILES string of the molecule is CCOC(=O)C[C@H](NCc1ccc(Cl)c([N+](=O)[O-])c1)C(C)C. The summed E-state index contributed by atoms with van der Waals surface area (Å²) in [6, 6.07) is 4.61. The molecule has 7 heteroatoms. The van der Waals surface area contributed by atoms with Gasteiger partial charge in [-0.2, -0.15) is 0 Å². The third-order valence-corrected chi connectivity index (χ3v) is 3.59. The number of benzene rings is 1. The Labute approximate surface area is 134 Å². The van der Waals surface area contributed by atoms with Gasteiger partial charge in [0.25, 0.3) is 5.69 Å². The van der Waals surface area contributed by atoms with Gasteiger partial charge in [-0.25, -0.2) is 0 Å². The highest BCUT2D eigenvalue weighted by atomic mass is 35.5. The molecule has 0 saturated carbocycles. The molecule has 1 N–H and O–H groups in total. The maximum atomic E-state index is 11.6. The first-order valence-electron chi connectivity index (χ1n) is 7.17. The summed E-state index contributed by atoms with van der Waals surface area (Å²) in [5.41, 5.74) is 0.623. The highest BCUT2D eigenvalue weighted by molar-refractivity contribution is 6.32. The molecule has 1 aromatic carbocycles. The van der Waals surface area contributed by atoms with E-state index in [1.54, 1.807) is 13.0 Å². The fourth-order valence-electron chi connectivity index (χ4n) is 2.00. The predicted molar refractivity (Wildman–Crippen MR) is 84.8 cm³/mol. The monoisotopic (exact) mass is 328 g/mol. The molecule has 0 bridgehead atoms. The van der Waals surface area contributed by atoms with Crippen LogP contribution in [-0.4, -0.2) is 23.5 Å². The average Bonchev–Trinajstić information content (AvgIpc) is 2.44. The zero-order chi connectivity index (χ0) is 16.7. The molecule has 0 aliphatic heterocycles. The molecule has 1 rings (SSSR count). The van der Waals surface area contributed by atoms with Gasteiger partial charge in [-0.3, -0.25) is 14.9 Å². The predicted octanol–water partition coefficient (Wildman–Crippen LogP) is 3.32. The minimum atomic E-state index is -0.510. The lowest BCUT2D eigenvalue weighted by molar-refractivity contribution is -0.384. The van der Waals surface area contributed by atoms with Gasteiger partial charge in [0.05, 0.1) is 18.0 Å². The van der Waals surface area contributed by atoms with E-state index in [0.717, 1.165) is 5.56 Å². The Balaban J connectivity index is 2.71. The van der Waals surface area contributed by atoms with Crippen molar-refractivity contribution in [3.05, 3.63) is 38.9 Å². The minimum absolute atomic E-state index is 0.0613. The lowest BCUT2D eigenvalue weighted by atomic mass is 10.0. The van der Waals surface area contributed by atoms with Crippen LogP contribution in [0.1, 0.15) is 32.8 Å². The van der Waals surface area contributed by atoms with Crippen LogP contribution in [0.15, 0.2) is 18.2 Å². The van der Waals surface area contributed by atoms with Crippen molar-refractivity contribution < 1.29 is 14.5 Å². The second-order valence-electron chi connectivity index (χ2n) is 5.28.